The third kappa shape index (κ3) is 9.85. The van der Waals surface area contributed by atoms with Crippen molar-refractivity contribution >= 4 is 0 Å². The van der Waals surface area contributed by atoms with Gasteiger partial charge in [0.1, 0.15) is 0 Å². The van der Waals surface area contributed by atoms with Gasteiger partial charge >= 0.3 is 6.04 Å². The fourth-order valence-corrected chi connectivity index (χ4v) is 1.13. The first-order valence-electron chi connectivity index (χ1n) is 4.70. The molecule has 0 aromatic rings. The second kappa shape index (κ2) is 6.38. The molecule has 0 aromatic carbocycles. The second-order valence-corrected chi connectivity index (χ2v) is 3.24. The van der Waals surface area contributed by atoms with Gasteiger partial charge in [0.2, 0.25) is 0 Å². The summed E-state index contributed by atoms with van der Waals surface area (Å²) in [5.74, 6) is 0. The van der Waals surface area contributed by atoms with Crippen LogP contribution in [0.2, 0.25) is 0 Å². The van der Waals surface area contributed by atoms with Crippen molar-refractivity contribution in [2.45, 2.75) is 57.9 Å². The Morgan fingerprint density at radius 1 is 1.00 bits per heavy atom. The largest absolute Gasteiger partial charge is 0.340 e. The summed E-state index contributed by atoms with van der Waals surface area (Å²) in [4.78, 5) is 0. The van der Waals surface area contributed by atoms with Gasteiger partial charge in [-0.2, -0.15) is 4.39 Å². The number of hydrogen-bond donors (Lipinski definition) is 2. The zero-order valence-corrected chi connectivity index (χ0v) is 7.72. The van der Waals surface area contributed by atoms with Crippen molar-refractivity contribution in [2.75, 3.05) is 0 Å². The zero-order chi connectivity index (χ0) is 9.45. The molecule has 74 valence electrons. The maximum absolute atomic E-state index is 12.1. The Kier molecular flexibility index (Phi) is 6.30. The van der Waals surface area contributed by atoms with E-state index >= 15 is 0 Å². The lowest BCUT2D eigenvalue weighted by molar-refractivity contribution is -0.262. The maximum atomic E-state index is 12.1. The van der Waals surface area contributed by atoms with Crippen molar-refractivity contribution in [1.82, 2.24) is 0 Å². The van der Waals surface area contributed by atoms with E-state index in [2.05, 4.69) is 6.92 Å². The molecule has 3 heteroatoms. The van der Waals surface area contributed by atoms with Gasteiger partial charge in [-0.25, -0.2) is 0 Å². The molecule has 0 aliphatic carbocycles. The van der Waals surface area contributed by atoms with Crippen LogP contribution in [0.4, 0.5) is 4.39 Å². The maximum Gasteiger partial charge on any atom is 0.315 e. The van der Waals surface area contributed by atoms with Gasteiger partial charge < -0.3 is 10.2 Å². The number of aliphatic hydroxyl groups is 2. The lowest BCUT2D eigenvalue weighted by Gasteiger charge is -2.09. The highest BCUT2D eigenvalue weighted by molar-refractivity contribution is 4.50. The van der Waals surface area contributed by atoms with Crippen LogP contribution in [-0.2, 0) is 0 Å². The summed E-state index contributed by atoms with van der Waals surface area (Å²) in [5.41, 5.74) is 0. The molecule has 0 rings (SSSR count). The Balaban J connectivity index is 3.01. The predicted octanol–water partition coefficient (Wildman–Crippen LogP) is 2.34. The molecular formula is C9H19FO2. The quantitative estimate of drug-likeness (QED) is 0.464. The predicted molar refractivity (Wildman–Crippen MR) is 46.3 cm³/mol. The van der Waals surface area contributed by atoms with Crippen molar-refractivity contribution in [3.8, 4) is 0 Å². The van der Waals surface area contributed by atoms with Gasteiger partial charge in [0, 0.05) is 6.42 Å². The first-order chi connectivity index (χ1) is 5.56. The van der Waals surface area contributed by atoms with E-state index in [0.29, 0.717) is 6.42 Å². The summed E-state index contributed by atoms with van der Waals surface area (Å²) < 4.78 is 12.1. The summed E-state index contributed by atoms with van der Waals surface area (Å²) in [6.07, 6.45) is 5.88. The van der Waals surface area contributed by atoms with E-state index in [1.807, 2.05) is 0 Å². The van der Waals surface area contributed by atoms with Crippen molar-refractivity contribution in [1.29, 1.82) is 0 Å². The molecule has 0 fully saturated rings. The average molecular weight is 178 g/mol. The Bertz CT molecular complexity index is 99.2. The molecule has 0 radical (unpaired) electrons. The minimum Gasteiger partial charge on any atom is -0.340 e. The normalized spacial score (nSPS) is 12.0. The molecule has 0 saturated heterocycles. The van der Waals surface area contributed by atoms with Crippen LogP contribution in [0.5, 0.6) is 0 Å². The number of halogens is 1. The van der Waals surface area contributed by atoms with Gasteiger partial charge in [-0.3, -0.25) is 0 Å². The number of alkyl halides is 1. The highest BCUT2D eigenvalue weighted by Gasteiger charge is 2.19. The molecule has 0 aliphatic rings. The Labute approximate surface area is 73.4 Å². The highest BCUT2D eigenvalue weighted by atomic mass is 19.2. The van der Waals surface area contributed by atoms with E-state index in [1.165, 1.54) is 12.8 Å². The van der Waals surface area contributed by atoms with Gasteiger partial charge in [0.25, 0.3) is 0 Å². The van der Waals surface area contributed by atoms with Crippen molar-refractivity contribution in [2.24, 2.45) is 0 Å². The van der Waals surface area contributed by atoms with Crippen LogP contribution >= 0.6 is 0 Å². The van der Waals surface area contributed by atoms with E-state index in [9.17, 15) is 4.39 Å². The summed E-state index contributed by atoms with van der Waals surface area (Å²) in [6, 6.07) is -2.95. The molecule has 0 atom stereocenters. The Morgan fingerprint density at radius 2 is 1.50 bits per heavy atom. The van der Waals surface area contributed by atoms with E-state index < -0.39 is 6.04 Å². The van der Waals surface area contributed by atoms with Crippen LogP contribution in [0.25, 0.3) is 0 Å². The van der Waals surface area contributed by atoms with Crippen molar-refractivity contribution in [3.05, 3.63) is 0 Å². The molecule has 0 spiro atoms. The molecule has 0 aliphatic heterocycles. The zero-order valence-electron chi connectivity index (χ0n) is 7.72. The van der Waals surface area contributed by atoms with Gasteiger partial charge in [-0.05, 0) is 6.42 Å². The van der Waals surface area contributed by atoms with Gasteiger partial charge in [0.15, 0.2) is 0 Å². The lowest BCUT2D eigenvalue weighted by atomic mass is 10.1. The average Bonchev–Trinajstić information content (AvgIpc) is 1.94. The van der Waals surface area contributed by atoms with Gasteiger partial charge in [-0.15, -0.1) is 0 Å². The standard InChI is InChI=1S/C9H19FO2/c1-2-3-4-5-6-7-8-9(10,11)12/h11-12H,2-8H2,1H3. The van der Waals surface area contributed by atoms with Gasteiger partial charge in [-0.1, -0.05) is 39.0 Å². The minimum atomic E-state index is -2.95. The summed E-state index contributed by atoms with van der Waals surface area (Å²) in [5, 5.41) is 16.6. The molecular weight excluding hydrogens is 159 g/mol. The third-order valence-electron chi connectivity index (χ3n) is 1.85. The van der Waals surface area contributed by atoms with Crippen molar-refractivity contribution in [3.63, 3.8) is 0 Å². The van der Waals surface area contributed by atoms with E-state index in [4.69, 9.17) is 10.2 Å². The molecule has 0 amide bonds. The molecule has 12 heavy (non-hydrogen) atoms. The highest BCUT2D eigenvalue weighted by Crippen LogP contribution is 2.14. The van der Waals surface area contributed by atoms with Crippen LogP contribution < -0.4 is 0 Å². The first kappa shape index (κ1) is 11.8. The molecule has 2 N–H and O–H groups in total. The number of hydrogen-bond acceptors (Lipinski definition) is 2. The van der Waals surface area contributed by atoms with Crippen LogP contribution in [0.1, 0.15) is 51.9 Å². The molecule has 0 heterocycles. The van der Waals surface area contributed by atoms with E-state index in [-0.39, 0.29) is 6.42 Å². The number of rotatable bonds is 7. The van der Waals surface area contributed by atoms with Crippen LogP contribution in [0.15, 0.2) is 0 Å². The molecule has 0 saturated carbocycles. The summed E-state index contributed by atoms with van der Waals surface area (Å²) in [6.45, 7) is 2.13. The van der Waals surface area contributed by atoms with Gasteiger partial charge in [0.05, 0.1) is 0 Å². The van der Waals surface area contributed by atoms with E-state index in [1.54, 1.807) is 0 Å². The van der Waals surface area contributed by atoms with Crippen molar-refractivity contribution < 1.29 is 14.6 Å². The fourth-order valence-electron chi connectivity index (χ4n) is 1.13. The Morgan fingerprint density at radius 3 is 2.00 bits per heavy atom. The van der Waals surface area contributed by atoms with Crippen LogP contribution in [-0.4, -0.2) is 16.3 Å². The monoisotopic (exact) mass is 178 g/mol. The smallest absolute Gasteiger partial charge is 0.315 e. The van der Waals surface area contributed by atoms with Crippen LogP contribution in [0, 0.1) is 0 Å². The fraction of sp³-hybridized carbons (Fsp3) is 1.00. The second-order valence-electron chi connectivity index (χ2n) is 3.24. The Hall–Kier alpha value is -0.150. The minimum absolute atomic E-state index is 0.168. The van der Waals surface area contributed by atoms with E-state index in [0.717, 1.165) is 19.3 Å². The van der Waals surface area contributed by atoms with Crippen LogP contribution in [0.3, 0.4) is 0 Å². The first-order valence-corrected chi connectivity index (χ1v) is 4.70. The molecule has 0 bridgehead atoms. The lowest BCUT2D eigenvalue weighted by Crippen LogP contribution is -2.20. The SMILES string of the molecule is CCCCCCCCC(O)(O)F. The third-order valence-corrected chi connectivity index (χ3v) is 1.85. The summed E-state index contributed by atoms with van der Waals surface area (Å²) >= 11 is 0. The number of unbranched alkanes of at least 4 members (excludes halogenated alkanes) is 5. The summed E-state index contributed by atoms with van der Waals surface area (Å²) in [7, 11) is 0. The molecule has 2 nitrogen and oxygen atoms in total. The molecule has 0 aromatic heterocycles. The topological polar surface area (TPSA) is 40.5 Å². The molecule has 0 unspecified atom stereocenters.